The molecule has 1 N–H and O–H groups in total. The van der Waals surface area contributed by atoms with Crippen LogP contribution >= 0.6 is 11.8 Å². The van der Waals surface area contributed by atoms with Gasteiger partial charge in [-0.05, 0) is 43.9 Å². The third-order valence-electron chi connectivity index (χ3n) is 6.28. The molecule has 2 aliphatic rings. The molecule has 180 valence electrons. The highest BCUT2D eigenvalue weighted by atomic mass is 32.2. The maximum absolute atomic E-state index is 13.8. The molecule has 1 atom stereocenters. The summed E-state index contributed by atoms with van der Waals surface area (Å²) in [5.74, 6) is 0.305. The van der Waals surface area contributed by atoms with E-state index in [1.165, 1.54) is 28.8 Å². The summed E-state index contributed by atoms with van der Waals surface area (Å²) < 4.78 is 46.6. The Morgan fingerprint density at radius 3 is 2.73 bits per heavy atom. The van der Waals surface area contributed by atoms with Crippen LogP contribution in [0.5, 0.6) is 0 Å². The molecule has 10 heteroatoms. The number of hydrogen-bond acceptors (Lipinski definition) is 6. The Morgan fingerprint density at radius 1 is 1.30 bits per heavy atom. The number of thioether (sulfide) groups is 1. The van der Waals surface area contributed by atoms with Crippen LogP contribution in [0.15, 0.2) is 27.6 Å². The van der Waals surface area contributed by atoms with E-state index < -0.39 is 23.2 Å². The topological polar surface area (TPSA) is 79.5 Å². The third kappa shape index (κ3) is 5.71. The first-order valence-corrected chi connectivity index (χ1v) is 12.3. The molecular weight excluding hydrogens is 455 g/mol. The van der Waals surface area contributed by atoms with E-state index in [1.54, 1.807) is 0 Å². The van der Waals surface area contributed by atoms with E-state index in [0.29, 0.717) is 31.6 Å². The number of carbonyl (C=O) groups excluding carboxylic acids is 1. The fraction of sp³-hybridized carbons (Fsp3) is 0.609. The molecule has 1 unspecified atom stereocenters. The number of aryl methyl sites for hydroxylation is 1. The molecule has 1 aliphatic heterocycles. The summed E-state index contributed by atoms with van der Waals surface area (Å²) in [6, 6.07) is 3.84. The van der Waals surface area contributed by atoms with Crippen LogP contribution in [0.4, 0.5) is 13.2 Å². The number of piperidine rings is 1. The Hall–Kier alpha value is -2.07. The number of halogens is 3. The summed E-state index contributed by atoms with van der Waals surface area (Å²) in [6.45, 7) is 2.25. The first-order valence-electron chi connectivity index (χ1n) is 11.4. The van der Waals surface area contributed by atoms with Gasteiger partial charge >= 0.3 is 6.18 Å². The number of aromatic nitrogens is 2. The lowest BCUT2D eigenvalue weighted by molar-refractivity contribution is -0.139. The Bertz CT molecular complexity index is 991. The largest absolute Gasteiger partial charge is 0.417 e. The fourth-order valence-corrected chi connectivity index (χ4v) is 5.95. The molecule has 2 aromatic rings. The Kier molecular flexibility index (Phi) is 7.04. The lowest BCUT2D eigenvalue weighted by Crippen LogP contribution is -2.51. The van der Waals surface area contributed by atoms with Crippen molar-refractivity contribution in [2.75, 3.05) is 13.1 Å². The summed E-state index contributed by atoms with van der Waals surface area (Å²) in [5, 5.41) is 15.1. The van der Waals surface area contributed by atoms with Crippen molar-refractivity contribution in [2.45, 2.75) is 80.2 Å². The zero-order valence-corrected chi connectivity index (χ0v) is 19.3. The van der Waals surface area contributed by atoms with Gasteiger partial charge in [0.2, 0.25) is 5.89 Å². The van der Waals surface area contributed by atoms with E-state index in [0.717, 1.165) is 31.7 Å². The van der Waals surface area contributed by atoms with Gasteiger partial charge in [0.05, 0.1) is 24.1 Å². The molecular formula is C23H28F3N3O3S. The molecule has 1 saturated heterocycles. The molecule has 2 heterocycles. The second kappa shape index (κ2) is 9.66. The summed E-state index contributed by atoms with van der Waals surface area (Å²) in [7, 11) is 0. The number of likely N-dealkylation sites (tertiary alicyclic amines) is 1. The third-order valence-corrected chi connectivity index (χ3v) is 7.69. The van der Waals surface area contributed by atoms with Crippen LogP contribution in [0.25, 0.3) is 0 Å². The van der Waals surface area contributed by atoms with Gasteiger partial charge in [-0.3, -0.25) is 4.79 Å². The van der Waals surface area contributed by atoms with Crippen molar-refractivity contribution in [3.63, 3.8) is 0 Å². The van der Waals surface area contributed by atoms with Crippen LogP contribution in [-0.2, 0) is 19.0 Å². The smallest absolute Gasteiger partial charge is 0.388 e. The molecule has 4 rings (SSSR count). The first-order chi connectivity index (χ1) is 15.7. The van der Waals surface area contributed by atoms with Gasteiger partial charge in [0.25, 0.3) is 5.91 Å². The highest BCUT2D eigenvalue weighted by Crippen LogP contribution is 2.42. The predicted octanol–water partition coefficient (Wildman–Crippen LogP) is 4.90. The molecule has 1 saturated carbocycles. The lowest BCUT2D eigenvalue weighted by Gasteiger charge is -2.38. The van der Waals surface area contributed by atoms with Crippen molar-refractivity contribution in [1.82, 2.24) is 15.0 Å². The quantitative estimate of drug-likeness (QED) is 0.630. The number of amides is 1. The molecule has 33 heavy (non-hydrogen) atoms. The van der Waals surface area contributed by atoms with Gasteiger partial charge in [-0.2, -0.15) is 18.2 Å². The van der Waals surface area contributed by atoms with E-state index in [4.69, 9.17) is 4.52 Å². The number of benzene rings is 1. The summed E-state index contributed by atoms with van der Waals surface area (Å²) in [5.41, 5.74) is -2.06. The Balaban J connectivity index is 1.51. The maximum Gasteiger partial charge on any atom is 0.417 e. The van der Waals surface area contributed by atoms with Crippen LogP contribution in [-0.4, -0.2) is 50.0 Å². The van der Waals surface area contributed by atoms with Crippen molar-refractivity contribution in [1.29, 1.82) is 0 Å². The van der Waals surface area contributed by atoms with E-state index >= 15 is 0 Å². The minimum atomic E-state index is -4.55. The number of alkyl halides is 3. The number of rotatable bonds is 6. The number of aliphatic hydroxyl groups is 1. The van der Waals surface area contributed by atoms with E-state index in [9.17, 15) is 23.1 Å². The first kappa shape index (κ1) is 24.1. The molecule has 1 aliphatic carbocycles. The van der Waals surface area contributed by atoms with E-state index in [2.05, 4.69) is 10.1 Å². The van der Waals surface area contributed by atoms with Crippen molar-refractivity contribution in [3.8, 4) is 0 Å². The number of carbonyl (C=O) groups is 1. The van der Waals surface area contributed by atoms with Crippen LogP contribution in [0.1, 0.15) is 73.1 Å². The SMILES string of the molecule is CCc1noc(CC2(O)CCCN(C(=O)c3ccc(SC4CCCC4)c(C(F)(F)F)c3)C2)n1. The highest BCUT2D eigenvalue weighted by Gasteiger charge is 2.39. The van der Waals surface area contributed by atoms with Crippen LogP contribution in [0.3, 0.4) is 0 Å². The monoisotopic (exact) mass is 483 g/mol. The normalized spacial score (nSPS) is 22.2. The molecule has 0 bridgehead atoms. The van der Waals surface area contributed by atoms with Crippen LogP contribution in [0.2, 0.25) is 0 Å². The van der Waals surface area contributed by atoms with E-state index in [-0.39, 0.29) is 34.6 Å². The summed E-state index contributed by atoms with van der Waals surface area (Å²) in [4.78, 5) is 18.9. The minimum Gasteiger partial charge on any atom is -0.388 e. The molecule has 0 spiro atoms. The average molecular weight is 484 g/mol. The Morgan fingerprint density at radius 2 is 2.06 bits per heavy atom. The highest BCUT2D eigenvalue weighted by molar-refractivity contribution is 8.00. The van der Waals surface area contributed by atoms with Gasteiger partial charge in [-0.15, -0.1) is 11.8 Å². The average Bonchev–Trinajstić information content (AvgIpc) is 3.44. The second-order valence-corrected chi connectivity index (χ2v) is 10.3. The molecule has 6 nitrogen and oxygen atoms in total. The molecule has 0 radical (unpaired) electrons. The van der Waals surface area contributed by atoms with Gasteiger partial charge in [-0.25, -0.2) is 0 Å². The number of nitrogens with zero attached hydrogens (tertiary/aromatic N) is 3. The molecule has 2 fully saturated rings. The van der Waals surface area contributed by atoms with Crippen molar-refractivity contribution < 1.29 is 27.6 Å². The predicted molar refractivity (Wildman–Crippen MR) is 117 cm³/mol. The summed E-state index contributed by atoms with van der Waals surface area (Å²) >= 11 is 1.26. The molecule has 1 amide bonds. The van der Waals surface area contributed by atoms with Gasteiger partial charge in [0, 0.05) is 28.7 Å². The standard InChI is InChI=1S/C23H28F3N3O3S/c1-2-19-27-20(32-28-19)13-22(31)10-5-11-29(14-22)21(30)15-8-9-18(17(12-15)23(24,25)26)33-16-6-3-4-7-16/h8-9,12,16,31H,2-7,10-11,13-14H2,1H3. The maximum atomic E-state index is 13.8. The van der Waals surface area contributed by atoms with Gasteiger partial charge < -0.3 is 14.5 Å². The minimum absolute atomic E-state index is 0.00437. The fourth-order valence-electron chi connectivity index (χ4n) is 4.57. The molecule has 1 aromatic carbocycles. The van der Waals surface area contributed by atoms with Crippen molar-refractivity contribution in [3.05, 3.63) is 41.0 Å². The van der Waals surface area contributed by atoms with Gasteiger partial charge in [0.1, 0.15) is 0 Å². The van der Waals surface area contributed by atoms with Crippen LogP contribution in [0, 0.1) is 0 Å². The lowest BCUT2D eigenvalue weighted by atomic mass is 9.89. The van der Waals surface area contributed by atoms with Crippen molar-refractivity contribution in [2.24, 2.45) is 0 Å². The number of hydrogen-bond donors (Lipinski definition) is 1. The zero-order chi connectivity index (χ0) is 23.6. The zero-order valence-electron chi connectivity index (χ0n) is 18.5. The van der Waals surface area contributed by atoms with Gasteiger partial charge in [-0.1, -0.05) is 24.9 Å². The summed E-state index contributed by atoms with van der Waals surface area (Å²) in [6.07, 6.45) is 1.01. The van der Waals surface area contributed by atoms with E-state index in [1.807, 2.05) is 6.92 Å². The molecule has 1 aromatic heterocycles. The number of β-amino-alcohol motifs (C(OH)–C–C–N with tert-alkyl or cyclic N) is 1. The Labute approximate surface area is 194 Å². The van der Waals surface area contributed by atoms with Crippen LogP contribution < -0.4 is 0 Å². The van der Waals surface area contributed by atoms with Crippen molar-refractivity contribution >= 4 is 17.7 Å². The second-order valence-electron chi connectivity index (χ2n) is 8.92. The van der Waals surface area contributed by atoms with Gasteiger partial charge in [0.15, 0.2) is 5.82 Å².